The molecule has 0 aromatic heterocycles. The van der Waals surface area contributed by atoms with Crippen LogP contribution in [0, 0.1) is 11.8 Å². The molecule has 0 aromatic carbocycles. The molecule has 2 fully saturated rings. The molecule has 0 radical (unpaired) electrons. The van der Waals surface area contributed by atoms with Crippen molar-refractivity contribution in [2.24, 2.45) is 11.8 Å². The molecular weight excluding hydrogens is 222 g/mol. The van der Waals surface area contributed by atoms with Crippen molar-refractivity contribution in [2.45, 2.75) is 33.1 Å². The van der Waals surface area contributed by atoms with Gasteiger partial charge in [0.15, 0.2) is 0 Å². The molecule has 3 nitrogen and oxygen atoms in total. The van der Waals surface area contributed by atoms with Gasteiger partial charge in [0.05, 0.1) is 0 Å². The summed E-state index contributed by atoms with van der Waals surface area (Å²) in [7, 11) is 0. The number of piperazine rings is 1. The van der Waals surface area contributed by atoms with E-state index >= 15 is 0 Å². The van der Waals surface area contributed by atoms with Gasteiger partial charge in [0, 0.05) is 32.7 Å². The molecule has 106 valence electrons. The second-order valence-electron chi connectivity index (χ2n) is 6.52. The standard InChI is InChI=1S/C15H31N3/c1-14(2)13-18-11-9-17(10-12-18)8-5-15-3-6-16-7-4-15/h14-16H,3-13H2,1-2H3. The fraction of sp³-hybridized carbons (Fsp3) is 1.00. The maximum atomic E-state index is 3.46. The van der Waals surface area contributed by atoms with E-state index in [9.17, 15) is 0 Å². The average molecular weight is 253 g/mol. The first-order chi connectivity index (χ1) is 8.74. The van der Waals surface area contributed by atoms with Gasteiger partial charge in [-0.1, -0.05) is 13.8 Å². The Labute approximate surface area is 113 Å². The molecule has 0 unspecified atom stereocenters. The lowest BCUT2D eigenvalue weighted by Gasteiger charge is -2.36. The van der Waals surface area contributed by atoms with Crippen LogP contribution in [0.25, 0.3) is 0 Å². The number of hydrogen-bond acceptors (Lipinski definition) is 3. The van der Waals surface area contributed by atoms with Crippen LogP contribution in [-0.2, 0) is 0 Å². The molecule has 0 spiro atoms. The molecule has 2 saturated heterocycles. The Bertz CT molecular complexity index is 216. The molecule has 3 heteroatoms. The van der Waals surface area contributed by atoms with Crippen molar-refractivity contribution in [3.05, 3.63) is 0 Å². The Morgan fingerprint density at radius 2 is 1.61 bits per heavy atom. The minimum absolute atomic E-state index is 0.811. The summed E-state index contributed by atoms with van der Waals surface area (Å²) in [6.45, 7) is 14.9. The third kappa shape index (κ3) is 4.87. The van der Waals surface area contributed by atoms with E-state index < -0.39 is 0 Å². The predicted octanol–water partition coefficient (Wildman–Crippen LogP) is 1.65. The molecule has 0 aliphatic carbocycles. The van der Waals surface area contributed by atoms with E-state index in [0.29, 0.717) is 0 Å². The van der Waals surface area contributed by atoms with E-state index in [4.69, 9.17) is 0 Å². The lowest BCUT2D eigenvalue weighted by atomic mass is 9.94. The van der Waals surface area contributed by atoms with E-state index in [0.717, 1.165) is 11.8 Å². The summed E-state index contributed by atoms with van der Waals surface area (Å²) in [4.78, 5) is 5.31. The number of nitrogens with one attached hydrogen (secondary N) is 1. The Balaban J connectivity index is 1.58. The quantitative estimate of drug-likeness (QED) is 0.804. The van der Waals surface area contributed by atoms with Crippen molar-refractivity contribution >= 4 is 0 Å². The van der Waals surface area contributed by atoms with Crippen molar-refractivity contribution in [3.63, 3.8) is 0 Å². The van der Waals surface area contributed by atoms with E-state index in [1.54, 1.807) is 0 Å². The monoisotopic (exact) mass is 253 g/mol. The van der Waals surface area contributed by atoms with Gasteiger partial charge in [-0.2, -0.15) is 0 Å². The Kier molecular flexibility index (Phi) is 5.93. The topological polar surface area (TPSA) is 18.5 Å². The number of hydrogen-bond donors (Lipinski definition) is 1. The average Bonchev–Trinajstić information content (AvgIpc) is 2.38. The van der Waals surface area contributed by atoms with Crippen molar-refractivity contribution in [1.82, 2.24) is 15.1 Å². The van der Waals surface area contributed by atoms with Gasteiger partial charge in [-0.15, -0.1) is 0 Å². The molecule has 0 atom stereocenters. The molecule has 0 aromatic rings. The third-order valence-electron chi connectivity index (χ3n) is 4.40. The first-order valence-corrected chi connectivity index (χ1v) is 7.89. The SMILES string of the molecule is CC(C)CN1CCN(CCC2CCNCC2)CC1. The first kappa shape index (κ1) is 14.3. The maximum absolute atomic E-state index is 3.46. The molecule has 0 bridgehead atoms. The summed E-state index contributed by atoms with van der Waals surface area (Å²) in [6.07, 6.45) is 4.21. The summed E-state index contributed by atoms with van der Waals surface area (Å²) in [5.74, 6) is 1.80. The number of nitrogens with zero attached hydrogens (tertiary/aromatic N) is 2. The van der Waals surface area contributed by atoms with Gasteiger partial charge in [-0.25, -0.2) is 0 Å². The van der Waals surface area contributed by atoms with E-state index in [1.165, 1.54) is 71.6 Å². The molecule has 2 rings (SSSR count). The number of rotatable bonds is 5. The zero-order chi connectivity index (χ0) is 12.8. The lowest BCUT2D eigenvalue weighted by molar-refractivity contribution is 0.115. The zero-order valence-electron chi connectivity index (χ0n) is 12.3. The second kappa shape index (κ2) is 7.46. The van der Waals surface area contributed by atoms with Crippen LogP contribution in [0.2, 0.25) is 0 Å². The molecule has 2 aliphatic heterocycles. The Hall–Kier alpha value is -0.120. The largest absolute Gasteiger partial charge is 0.317 e. The van der Waals surface area contributed by atoms with Gasteiger partial charge in [0.25, 0.3) is 0 Å². The highest BCUT2D eigenvalue weighted by Crippen LogP contribution is 2.17. The predicted molar refractivity (Wildman–Crippen MR) is 77.9 cm³/mol. The molecule has 2 heterocycles. The van der Waals surface area contributed by atoms with Gasteiger partial charge in [0.2, 0.25) is 0 Å². The molecule has 18 heavy (non-hydrogen) atoms. The van der Waals surface area contributed by atoms with Crippen LogP contribution in [0.4, 0.5) is 0 Å². The van der Waals surface area contributed by atoms with Crippen molar-refractivity contribution in [2.75, 3.05) is 52.4 Å². The molecule has 0 amide bonds. The van der Waals surface area contributed by atoms with E-state index in [1.807, 2.05) is 0 Å². The lowest BCUT2D eigenvalue weighted by Crippen LogP contribution is -2.47. The van der Waals surface area contributed by atoms with Gasteiger partial charge in [0.1, 0.15) is 0 Å². The molecule has 2 aliphatic rings. The van der Waals surface area contributed by atoms with Crippen LogP contribution in [0.1, 0.15) is 33.1 Å². The van der Waals surface area contributed by atoms with Crippen LogP contribution in [0.3, 0.4) is 0 Å². The summed E-state index contributed by atoms with van der Waals surface area (Å²) in [5.41, 5.74) is 0. The summed E-state index contributed by atoms with van der Waals surface area (Å²) in [6, 6.07) is 0. The van der Waals surface area contributed by atoms with Gasteiger partial charge in [-0.3, -0.25) is 0 Å². The Morgan fingerprint density at radius 1 is 1.00 bits per heavy atom. The second-order valence-corrected chi connectivity index (χ2v) is 6.52. The van der Waals surface area contributed by atoms with Crippen molar-refractivity contribution in [1.29, 1.82) is 0 Å². The van der Waals surface area contributed by atoms with Crippen LogP contribution < -0.4 is 5.32 Å². The fourth-order valence-electron chi connectivity index (χ4n) is 3.25. The molecule has 0 saturated carbocycles. The number of piperidine rings is 1. The molecule has 1 N–H and O–H groups in total. The summed E-state index contributed by atoms with van der Waals surface area (Å²) in [5, 5.41) is 3.46. The molecular formula is C15H31N3. The first-order valence-electron chi connectivity index (χ1n) is 7.89. The summed E-state index contributed by atoms with van der Waals surface area (Å²) >= 11 is 0. The van der Waals surface area contributed by atoms with Gasteiger partial charge in [-0.05, 0) is 50.7 Å². The highest BCUT2D eigenvalue weighted by Gasteiger charge is 2.19. The summed E-state index contributed by atoms with van der Waals surface area (Å²) < 4.78 is 0. The maximum Gasteiger partial charge on any atom is 0.0110 e. The third-order valence-corrected chi connectivity index (χ3v) is 4.40. The highest BCUT2D eigenvalue weighted by atomic mass is 15.3. The van der Waals surface area contributed by atoms with Crippen LogP contribution >= 0.6 is 0 Å². The fourth-order valence-corrected chi connectivity index (χ4v) is 3.25. The van der Waals surface area contributed by atoms with E-state index in [-0.39, 0.29) is 0 Å². The zero-order valence-corrected chi connectivity index (χ0v) is 12.3. The van der Waals surface area contributed by atoms with Gasteiger partial charge < -0.3 is 15.1 Å². The van der Waals surface area contributed by atoms with Crippen LogP contribution in [0.5, 0.6) is 0 Å². The smallest absolute Gasteiger partial charge is 0.0110 e. The van der Waals surface area contributed by atoms with Crippen LogP contribution in [-0.4, -0.2) is 62.2 Å². The van der Waals surface area contributed by atoms with Gasteiger partial charge >= 0.3 is 0 Å². The normalized spacial score (nSPS) is 24.8. The van der Waals surface area contributed by atoms with E-state index in [2.05, 4.69) is 29.0 Å². The van der Waals surface area contributed by atoms with Crippen molar-refractivity contribution < 1.29 is 0 Å². The highest BCUT2D eigenvalue weighted by molar-refractivity contribution is 4.75. The van der Waals surface area contributed by atoms with Crippen LogP contribution in [0.15, 0.2) is 0 Å². The minimum Gasteiger partial charge on any atom is -0.317 e. The Morgan fingerprint density at radius 3 is 2.22 bits per heavy atom. The minimum atomic E-state index is 0.811. The van der Waals surface area contributed by atoms with Crippen molar-refractivity contribution in [3.8, 4) is 0 Å².